The topological polar surface area (TPSA) is 87.1 Å². The Bertz CT molecular complexity index is 1300. The van der Waals surface area contributed by atoms with E-state index in [0.717, 1.165) is 47.2 Å². The van der Waals surface area contributed by atoms with Crippen molar-refractivity contribution in [2.24, 2.45) is 0 Å². The lowest BCUT2D eigenvalue weighted by Gasteiger charge is -2.35. The molecule has 1 amide bonds. The predicted octanol–water partition coefficient (Wildman–Crippen LogP) is 4.26. The van der Waals surface area contributed by atoms with Crippen LogP contribution in [-0.2, 0) is 0 Å². The second-order valence-electron chi connectivity index (χ2n) is 8.58. The molecule has 5 rings (SSSR count). The summed E-state index contributed by atoms with van der Waals surface area (Å²) in [5, 5.41) is 3.21. The fourth-order valence-corrected chi connectivity index (χ4v) is 4.22. The van der Waals surface area contributed by atoms with Gasteiger partial charge < -0.3 is 15.1 Å². The van der Waals surface area contributed by atoms with E-state index in [2.05, 4.69) is 30.2 Å². The number of benzene rings is 2. The Kier molecular flexibility index (Phi) is 6.34. The lowest BCUT2D eigenvalue weighted by atomic mass is 10.1. The Morgan fingerprint density at radius 3 is 2.20 bits per heavy atom. The van der Waals surface area contributed by atoms with Crippen LogP contribution in [0.15, 0.2) is 73.1 Å². The standard InChI is InChI=1S/C27H27N7O/c1-19-16-20(2)31-27(30-19)32-23-10-8-22(9-11-23)26(35)34-14-12-33(13-15-34)25-17-24(28-18-29-25)21-6-4-3-5-7-21/h3-11,16-18H,12-15H2,1-2H3,(H,30,31,32). The van der Waals surface area contributed by atoms with E-state index in [0.29, 0.717) is 24.6 Å². The average Bonchev–Trinajstić information content (AvgIpc) is 2.89. The van der Waals surface area contributed by atoms with E-state index in [1.165, 1.54) is 0 Å². The van der Waals surface area contributed by atoms with Crippen LogP contribution in [0.5, 0.6) is 0 Å². The first kappa shape index (κ1) is 22.5. The van der Waals surface area contributed by atoms with E-state index >= 15 is 0 Å². The maximum Gasteiger partial charge on any atom is 0.253 e. The number of aromatic nitrogens is 4. The van der Waals surface area contributed by atoms with Crippen LogP contribution in [0.2, 0.25) is 0 Å². The number of nitrogens with zero attached hydrogens (tertiary/aromatic N) is 6. The van der Waals surface area contributed by atoms with E-state index in [9.17, 15) is 4.79 Å². The average molecular weight is 466 g/mol. The number of amides is 1. The zero-order valence-electron chi connectivity index (χ0n) is 19.8. The third kappa shape index (κ3) is 5.27. The molecule has 0 spiro atoms. The smallest absolute Gasteiger partial charge is 0.253 e. The molecule has 1 aliphatic rings. The van der Waals surface area contributed by atoms with Crippen LogP contribution in [0.3, 0.4) is 0 Å². The molecular weight excluding hydrogens is 438 g/mol. The van der Waals surface area contributed by atoms with Crippen LogP contribution >= 0.6 is 0 Å². The molecule has 0 saturated carbocycles. The largest absolute Gasteiger partial charge is 0.353 e. The van der Waals surface area contributed by atoms with E-state index in [-0.39, 0.29) is 5.91 Å². The molecule has 1 fully saturated rings. The Morgan fingerprint density at radius 1 is 0.829 bits per heavy atom. The van der Waals surface area contributed by atoms with Gasteiger partial charge in [0.05, 0.1) is 5.69 Å². The summed E-state index contributed by atoms with van der Waals surface area (Å²) in [7, 11) is 0. The van der Waals surface area contributed by atoms with Gasteiger partial charge in [0, 0.05) is 60.4 Å². The Morgan fingerprint density at radius 2 is 1.51 bits per heavy atom. The van der Waals surface area contributed by atoms with Gasteiger partial charge in [0.25, 0.3) is 5.91 Å². The Balaban J connectivity index is 1.20. The summed E-state index contributed by atoms with van der Waals surface area (Å²) in [6, 6.07) is 21.5. The minimum Gasteiger partial charge on any atom is -0.353 e. The summed E-state index contributed by atoms with van der Waals surface area (Å²) in [6.45, 7) is 6.60. The SMILES string of the molecule is Cc1cc(C)nc(Nc2ccc(C(=O)N3CCN(c4cc(-c5ccccc5)ncn4)CC3)cc2)n1. The van der Waals surface area contributed by atoms with Crippen LogP contribution in [-0.4, -0.2) is 56.9 Å². The van der Waals surface area contributed by atoms with Gasteiger partial charge in [-0.15, -0.1) is 0 Å². The van der Waals surface area contributed by atoms with Gasteiger partial charge >= 0.3 is 0 Å². The molecule has 0 radical (unpaired) electrons. The normalized spacial score (nSPS) is 13.5. The van der Waals surface area contributed by atoms with E-state index in [4.69, 9.17) is 0 Å². The van der Waals surface area contributed by atoms with Gasteiger partial charge in [-0.3, -0.25) is 4.79 Å². The molecule has 8 nitrogen and oxygen atoms in total. The van der Waals surface area contributed by atoms with Crippen LogP contribution in [0.4, 0.5) is 17.5 Å². The lowest BCUT2D eigenvalue weighted by Crippen LogP contribution is -2.49. The second-order valence-corrected chi connectivity index (χ2v) is 8.58. The number of rotatable bonds is 5. The number of anilines is 3. The molecule has 4 aromatic rings. The van der Waals surface area contributed by atoms with E-state index in [1.807, 2.05) is 85.5 Å². The summed E-state index contributed by atoms with van der Waals surface area (Å²) >= 11 is 0. The number of carbonyl (C=O) groups is 1. The van der Waals surface area contributed by atoms with Crippen molar-refractivity contribution in [3.8, 4) is 11.3 Å². The van der Waals surface area contributed by atoms with Gasteiger partial charge in [-0.2, -0.15) is 0 Å². The molecule has 2 aromatic carbocycles. The number of piperazine rings is 1. The van der Waals surface area contributed by atoms with Crippen molar-refractivity contribution in [1.82, 2.24) is 24.8 Å². The van der Waals surface area contributed by atoms with Gasteiger partial charge in [-0.25, -0.2) is 19.9 Å². The molecule has 0 bridgehead atoms. The maximum atomic E-state index is 13.1. The molecule has 0 unspecified atom stereocenters. The van der Waals surface area contributed by atoms with Gasteiger partial charge in [-0.05, 0) is 44.2 Å². The zero-order valence-corrected chi connectivity index (χ0v) is 19.8. The van der Waals surface area contributed by atoms with Crippen LogP contribution in [0, 0.1) is 13.8 Å². The van der Waals surface area contributed by atoms with Gasteiger partial charge in [0.15, 0.2) is 0 Å². The van der Waals surface area contributed by atoms with Crippen LogP contribution in [0.1, 0.15) is 21.7 Å². The summed E-state index contributed by atoms with van der Waals surface area (Å²) < 4.78 is 0. The zero-order chi connectivity index (χ0) is 24.2. The van der Waals surface area contributed by atoms with Gasteiger partial charge in [0.2, 0.25) is 5.95 Å². The van der Waals surface area contributed by atoms with Crippen molar-refractivity contribution in [3.05, 3.63) is 90.0 Å². The van der Waals surface area contributed by atoms with Gasteiger partial charge in [-0.1, -0.05) is 30.3 Å². The number of hydrogen-bond acceptors (Lipinski definition) is 7. The number of hydrogen-bond donors (Lipinski definition) is 1. The molecule has 176 valence electrons. The van der Waals surface area contributed by atoms with Crippen molar-refractivity contribution in [2.45, 2.75) is 13.8 Å². The van der Waals surface area contributed by atoms with Crippen molar-refractivity contribution in [2.75, 3.05) is 36.4 Å². The molecule has 3 heterocycles. The molecule has 0 atom stereocenters. The molecule has 1 aliphatic heterocycles. The Labute approximate surface area is 204 Å². The third-order valence-electron chi connectivity index (χ3n) is 5.98. The maximum absolute atomic E-state index is 13.1. The minimum absolute atomic E-state index is 0.0338. The quantitative estimate of drug-likeness (QED) is 0.471. The first-order valence-electron chi connectivity index (χ1n) is 11.7. The van der Waals surface area contributed by atoms with Crippen LogP contribution in [0.25, 0.3) is 11.3 Å². The first-order chi connectivity index (χ1) is 17.0. The number of nitrogens with one attached hydrogen (secondary N) is 1. The predicted molar refractivity (Wildman–Crippen MR) is 137 cm³/mol. The molecule has 0 aliphatic carbocycles. The second kappa shape index (κ2) is 9.89. The lowest BCUT2D eigenvalue weighted by molar-refractivity contribution is 0.0746. The van der Waals surface area contributed by atoms with Crippen LogP contribution < -0.4 is 10.2 Å². The van der Waals surface area contributed by atoms with Crippen molar-refractivity contribution < 1.29 is 4.79 Å². The van der Waals surface area contributed by atoms with Crippen molar-refractivity contribution in [3.63, 3.8) is 0 Å². The van der Waals surface area contributed by atoms with E-state index < -0.39 is 0 Å². The number of carbonyl (C=O) groups excluding carboxylic acids is 1. The first-order valence-corrected chi connectivity index (χ1v) is 11.7. The number of aryl methyl sites for hydroxylation is 2. The van der Waals surface area contributed by atoms with Crippen molar-refractivity contribution >= 4 is 23.4 Å². The fraction of sp³-hybridized carbons (Fsp3) is 0.222. The highest BCUT2D eigenvalue weighted by atomic mass is 16.2. The minimum atomic E-state index is 0.0338. The highest BCUT2D eigenvalue weighted by Crippen LogP contribution is 2.22. The molecule has 1 saturated heterocycles. The summed E-state index contributed by atoms with van der Waals surface area (Å²) in [5.41, 5.74) is 5.28. The van der Waals surface area contributed by atoms with E-state index in [1.54, 1.807) is 6.33 Å². The molecule has 8 heteroatoms. The molecule has 2 aromatic heterocycles. The highest BCUT2D eigenvalue weighted by Gasteiger charge is 2.23. The molecular formula is C27H27N7O. The molecule has 1 N–H and O–H groups in total. The molecule has 35 heavy (non-hydrogen) atoms. The third-order valence-corrected chi connectivity index (χ3v) is 5.98. The summed E-state index contributed by atoms with van der Waals surface area (Å²) in [6.07, 6.45) is 1.61. The highest BCUT2D eigenvalue weighted by molar-refractivity contribution is 5.94. The monoisotopic (exact) mass is 465 g/mol. The van der Waals surface area contributed by atoms with Gasteiger partial charge in [0.1, 0.15) is 12.1 Å². The summed E-state index contributed by atoms with van der Waals surface area (Å²) in [5.74, 6) is 1.47. The Hall–Kier alpha value is -4.33. The van der Waals surface area contributed by atoms with Crippen molar-refractivity contribution in [1.29, 1.82) is 0 Å². The fourth-order valence-electron chi connectivity index (χ4n) is 4.22. The summed E-state index contributed by atoms with van der Waals surface area (Å²) in [4.78, 5) is 34.9.